The highest BCUT2D eigenvalue weighted by atomic mass is 16.5. The highest BCUT2D eigenvalue weighted by Crippen LogP contribution is 2.80. The molecule has 0 aromatic carbocycles. The number of ketones is 1. The van der Waals surface area contributed by atoms with Gasteiger partial charge in [0, 0.05) is 55.3 Å². The van der Waals surface area contributed by atoms with Crippen LogP contribution in [0.4, 0.5) is 0 Å². The first-order valence-electron chi connectivity index (χ1n) is 21.6. The van der Waals surface area contributed by atoms with Gasteiger partial charge in [0.15, 0.2) is 5.78 Å². The molecule has 0 bridgehead atoms. The van der Waals surface area contributed by atoms with Gasteiger partial charge in [0.1, 0.15) is 6.10 Å². The summed E-state index contributed by atoms with van der Waals surface area (Å²) in [4.78, 5) is 43.9. The molecule has 1 heterocycles. The van der Waals surface area contributed by atoms with Crippen molar-refractivity contribution in [2.75, 3.05) is 33.7 Å². The lowest BCUT2D eigenvalue weighted by Crippen LogP contribution is -2.69. The number of carbonyl (C=O) groups excluding carboxylic acids is 2. The number of aromatic nitrogens is 2. The van der Waals surface area contributed by atoms with Crippen LogP contribution in [0.3, 0.4) is 0 Å². The summed E-state index contributed by atoms with van der Waals surface area (Å²) in [5, 5.41) is 29.7. The van der Waals surface area contributed by atoms with E-state index >= 15 is 0 Å². The van der Waals surface area contributed by atoms with Gasteiger partial charge < -0.3 is 19.8 Å². The minimum atomic E-state index is -1.17. The zero-order chi connectivity index (χ0) is 41.4. The van der Waals surface area contributed by atoms with Crippen molar-refractivity contribution in [3.8, 4) is 0 Å². The van der Waals surface area contributed by atoms with Crippen molar-refractivity contribution in [2.45, 2.75) is 152 Å². The second-order valence-corrected chi connectivity index (χ2v) is 21.8. The SMILES string of the molecule is CC(C)C1=C2[C@@]([C@@H](O)CN(CCN(C)C)Cc3ccn[nH]3)(CC[C@]3(C)[C@]2(C)CC[C@@H]2[C@@]4(C)CC[C@H](OC(=O)CC(C)(C)C(=O)O)C(C)(C)[C@@H]4CC[C@]23C)CC1=O. The topological polar surface area (TPSA) is 136 Å². The van der Waals surface area contributed by atoms with Crippen LogP contribution < -0.4 is 0 Å². The number of carboxylic acid groups (broad SMARTS) is 1. The summed E-state index contributed by atoms with van der Waals surface area (Å²) in [5.41, 5.74) is 0.990. The van der Waals surface area contributed by atoms with Crippen LogP contribution in [0, 0.1) is 55.7 Å². The van der Waals surface area contributed by atoms with E-state index in [-0.39, 0.29) is 51.3 Å². The van der Waals surface area contributed by atoms with Gasteiger partial charge in [0.05, 0.1) is 17.9 Å². The molecule has 5 aliphatic carbocycles. The first kappa shape index (κ1) is 43.0. The fourth-order valence-corrected chi connectivity index (χ4v) is 14.1. The van der Waals surface area contributed by atoms with Crippen molar-refractivity contribution >= 4 is 17.7 Å². The second-order valence-electron chi connectivity index (χ2n) is 21.8. The van der Waals surface area contributed by atoms with Crippen LogP contribution in [0.15, 0.2) is 23.4 Å². The maximum absolute atomic E-state index is 14.4. The van der Waals surface area contributed by atoms with Gasteiger partial charge in [-0.1, -0.05) is 55.4 Å². The van der Waals surface area contributed by atoms with E-state index in [2.05, 4.69) is 89.5 Å². The summed E-state index contributed by atoms with van der Waals surface area (Å²) in [7, 11) is 4.16. The van der Waals surface area contributed by atoms with Crippen molar-refractivity contribution in [2.24, 2.45) is 55.7 Å². The molecule has 10 nitrogen and oxygen atoms in total. The number of carbonyl (C=O) groups is 3. The number of allylic oxidation sites excluding steroid dienone is 1. The average Bonchev–Trinajstić information content (AvgIpc) is 3.72. The minimum Gasteiger partial charge on any atom is -0.481 e. The number of aromatic amines is 1. The number of fused-ring (bicyclic) bond motifs is 7. The van der Waals surface area contributed by atoms with E-state index in [1.807, 2.05) is 6.07 Å². The van der Waals surface area contributed by atoms with Gasteiger partial charge in [-0.25, -0.2) is 0 Å². The molecular formula is C46H74N4O6. The maximum Gasteiger partial charge on any atom is 0.309 e. The Morgan fingerprint density at radius 1 is 0.982 bits per heavy atom. The van der Waals surface area contributed by atoms with E-state index in [1.54, 1.807) is 20.0 Å². The van der Waals surface area contributed by atoms with Crippen molar-refractivity contribution in [1.82, 2.24) is 20.0 Å². The molecule has 0 amide bonds. The van der Waals surface area contributed by atoms with Crippen molar-refractivity contribution in [3.05, 3.63) is 29.1 Å². The molecule has 314 valence electrons. The van der Waals surface area contributed by atoms with Crippen LogP contribution in [-0.2, 0) is 25.7 Å². The number of aliphatic hydroxyl groups is 1. The van der Waals surface area contributed by atoms with Gasteiger partial charge in [-0.15, -0.1) is 0 Å². The number of nitrogens with one attached hydrogen (secondary N) is 1. The molecule has 9 atom stereocenters. The number of rotatable bonds is 13. The molecule has 10 heteroatoms. The molecule has 1 aromatic rings. The third kappa shape index (κ3) is 6.64. The highest BCUT2D eigenvalue weighted by Gasteiger charge is 2.74. The van der Waals surface area contributed by atoms with Crippen LogP contribution >= 0.6 is 0 Å². The zero-order valence-corrected chi connectivity index (χ0v) is 36.8. The molecule has 0 unspecified atom stereocenters. The normalized spacial score (nSPS) is 37.3. The summed E-state index contributed by atoms with van der Waals surface area (Å²) in [6.45, 7) is 25.0. The Morgan fingerprint density at radius 2 is 1.66 bits per heavy atom. The van der Waals surface area contributed by atoms with Gasteiger partial charge in [0.2, 0.25) is 0 Å². The third-order valence-corrected chi connectivity index (χ3v) is 17.5. The number of hydrogen-bond acceptors (Lipinski definition) is 8. The zero-order valence-electron chi connectivity index (χ0n) is 36.8. The van der Waals surface area contributed by atoms with E-state index < -0.39 is 28.9 Å². The summed E-state index contributed by atoms with van der Waals surface area (Å²) in [5.74, 6) is -0.282. The average molecular weight is 779 g/mol. The number of nitrogens with zero attached hydrogens (tertiary/aromatic N) is 3. The summed E-state index contributed by atoms with van der Waals surface area (Å²) in [6.07, 6.45) is 8.77. The lowest BCUT2D eigenvalue weighted by atomic mass is 9.29. The number of H-pyrrole nitrogens is 1. The first-order valence-corrected chi connectivity index (χ1v) is 21.6. The van der Waals surface area contributed by atoms with Gasteiger partial charge in [-0.3, -0.25) is 24.4 Å². The number of likely N-dealkylation sites (N-methyl/N-ethyl adjacent to an activating group) is 1. The number of hydrogen-bond donors (Lipinski definition) is 3. The number of aliphatic carboxylic acids is 1. The Labute approximate surface area is 337 Å². The van der Waals surface area contributed by atoms with Gasteiger partial charge >= 0.3 is 11.9 Å². The number of carboxylic acids is 1. The van der Waals surface area contributed by atoms with Gasteiger partial charge in [0.25, 0.3) is 0 Å². The third-order valence-electron chi connectivity index (χ3n) is 17.5. The van der Waals surface area contributed by atoms with Gasteiger partial charge in [-0.05, 0) is 136 Å². The Hall–Kier alpha value is -2.56. The Balaban J connectivity index is 1.32. The first-order chi connectivity index (χ1) is 25.9. The quantitative estimate of drug-likeness (QED) is 0.171. The lowest BCUT2D eigenvalue weighted by Gasteiger charge is -2.75. The number of aliphatic hydroxyl groups excluding tert-OH is 1. The lowest BCUT2D eigenvalue weighted by molar-refractivity contribution is -0.252. The number of esters is 1. The molecule has 1 aromatic heterocycles. The van der Waals surface area contributed by atoms with Gasteiger partial charge in [-0.2, -0.15) is 5.10 Å². The predicted molar refractivity (Wildman–Crippen MR) is 218 cm³/mol. The largest absolute Gasteiger partial charge is 0.481 e. The smallest absolute Gasteiger partial charge is 0.309 e. The molecule has 5 aliphatic rings. The molecule has 0 radical (unpaired) electrons. The molecule has 4 fully saturated rings. The molecule has 3 N–H and O–H groups in total. The summed E-state index contributed by atoms with van der Waals surface area (Å²) in [6, 6.07) is 2.00. The van der Waals surface area contributed by atoms with Crippen LogP contribution in [0.5, 0.6) is 0 Å². The molecule has 4 saturated carbocycles. The van der Waals surface area contributed by atoms with Crippen molar-refractivity contribution in [1.29, 1.82) is 0 Å². The second kappa shape index (κ2) is 14.6. The standard InChI is InChI=1S/C46H74N4O6/c1-29(2)37-31(51)25-46(34(52)28-50(24-23-49(11)12)27-30-16-22-47-48-30)21-20-45(10)43(8)18-13-32-41(5,6)35(56-36(53)26-40(3,4)39(54)55)15-17-42(32,7)33(43)14-19-44(45,9)38(37)46/h16,22,29,32-35,52H,13-15,17-21,23-28H2,1-12H3,(H,47,48)(H,54,55)/t32-,33+,34-,35-,42-,43+,44+,45-,46-/m0/s1. The van der Waals surface area contributed by atoms with Crippen LogP contribution in [0.2, 0.25) is 0 Å². The minimum absolute atomic E-state index is 0.00651. The molecular weight excluding hydrogens is 705 g/mol. The van der Waals surface area contributed by atoms with Crippen LogP contribution in [0.1, 0.15) is 139 Å². The summed E-state index contributed by atoms with van der Waals surface area (Å²) < 4.78 is 6.20. The van der Waals surface area contributed by atoms with E-state index in [0.29, 0.717) is 31.3 Å². The number of Topliss-reactive ketones (excluding diaryl/α,β-unsaturated/α-hetero) is 1. The maximum atomic E-state index is 14.4. The summed E-state index contributed by atoms with van der Waals surface area (Å²) >= 11 is 0. The Morgan fingerprint density at radius 3 is 2.27 bits per heavy atom. The van der Waals surface area contributed by atoms with Crippen molar-refractivity contribution < 1.29 is 29.3 Å². The van der Waals surface area contributed by atoms with E-state index in [9.17, 15) is 24.6 Å². The van der Waals surface area contributed by atoms with Crippen molar-refractivity contribution in [3.63, 3.8) is 0 Å². The fourth-order valence-electron chi connectivity index (χ4n) is 14.1. The van der Waals surface area contributed by atoms with E-state index in [1.165, 1.54) is 5.57 Å². The Kier molecular flexibility index (Phi) is 11.2. The predicted octanol–water partition coefficient (Wildman–Crippen LogP) is 7.92. The molecule has 56 heavy (non-hydrogen) atoms. The van der Waals surface area contributed by atoms with Crippen LogP contribution in [0.25, 0.3) is 0 Å². The molecule has 0 spiro atoms. The molecule has 0 saturated heterocycles. The molecule has 6 rings (SSSR count). The Bertz CT molecular complexity index is 1700. The monoisotopic (exact) mass is 779 g/mol. The van der Waals surface area contributed by atoms with E-state index in [0.717, 1.165) is 75.7 Å². The molecule has 0 aliphatic heterocycles. The fraction of sp³-hybridized carbons (Fsp3) is 0.826. The number of ether oxygens (including phenoxy) is 1. The van der Waals surface area contributed by atoms with E-state index in [4.69, 9.17) is 4.74 Å². The van der Waals surface area contributed by atoms with Crippen LogP contribution in [-0.4, -0.2) is 93.9 Å². The highest BCUT2D eigenvalue weighted by molar-refractivity contribution is 6.01.